The molecule has 172 valence electrons. The lowest BCUT2D eigenvalue weighted by Crippen LogP contribution is -2.17. The van der Waals surface area contributed by atoms with Gasteiger partial charge in [-0.15, -0.1) is 5.10 Å². The second-order valence-electron chi connectivity index (χ2n) is 7.94. The fraction of sp³-hybridized carbons (Fsp3) is 0.522. The van der Waals surface area contributed by atoms with Gasteiger partial charge in [-0.2, -0.15) is 0 Å². The molecule has 1 unspecified atom stereocenters. The van der Waals surface area contributed by atoms with Gasteiger partial charge in [0.15, 0.2) is 11.3 Å². The lowest BCUT2D eigenvalue weighted by Gasteiger charge is -2.14. The monoisotopic (exact) mass is 441 g/mol. The first kappa shape index (κ1) is 23.4. The zero-order valence-electron chi connectivity index (χ0n) is 19.2. The highest BCUT2D eigenvalue weighted by atomic mass is 16.6. The number of aryl methyl sites for hydroxylation is 1. The summed E-state index contributed by atoms with van der Waals surface area (Å²) >= 11 is 0. The predicted octanol–water partition coefficient (Wildman–Crippen LogP) is 5.16. The number of rotatable bonds is 11. The van der Waals surface area contributed by atoms with E-state index in [1.807, 2.05) is 6.92 Å². The van der Waals surface area contributed by atoms with Crippen molar-refractivity contribution in [3.05, 3.63) is 50.2 Å². The quantitative estimate of drug-likeness (QED) is 0.249. The molecule has 0 saturated heterocycles. The van der Waals surface area contributed by atoms with Crippen molar-refractivity contribution >= 4 is 11.2 Å². The maximum absolute atomic E-state index is 13.0. The minimum absolute atomic E-state index is 0.101. The molecule has 0 amide bonds. The minimum Gasteiger partial charge on any atom is -0.493 e. The van der Waals surface area contributed by atoms with E-state index in [0.717, 1.165) is 25.1 Å². The van der Waals surface area contributed by atoms with E-state index in [4.69, 9.17) is 9.72 Å². The molecule has 0 aliphatic rings. The van der Waals surface area contributed by atoms with Gasteiger partial charge in [0.1, 0.15) is 11.6 Å². The van der Waals surface area contributed by atoms with E-state index >= 15 is 0 Å². The van der Waals surface area contributed by atoms with E-state index in [-0.39, 0.29) is 23.0 Å². The van der Waals surface area contributed by atoms with E-state index in [1.54, 1.807) is 11.4 Å². The Labute approximate surface area is 187 Å². The molecule has 0 bridgehead atoms. The van der Waals surface area contributed by atoms with Crippen LogP contribution in [0.2, 0.25) is 0 Å². The van der Waals surface area contributed by atoms with Gasteiger partial charge in [0.05, 0.1) is 22.8 Å². The van der Waals surface area contributed by atoms with Crippen molar-refractivity contribution in [1.29, 1.82) is 0 Å². The maximum atomic E-state index is 13.0. The van der Waals surface area contributed by atoms with Gasteiger partial charge in [-0.1, -0.05) is 39.5 Å². The number of non-ortho nitro benzene ring substituents is 1. The largest absolute Gasteiger partial charge is 0.493 e. The fourth-order valence-corrected chi connectivity index (χ4v) is 4.01. The van der Waals surface area contributed by atoms with Gasteiger partial charge in [-0.3, -0.25) is 14.9 Å². The van der Waals surface area contributed by atoms with Gasteiger partial charge >= 0.3 is 0 Å². The lowest BCUT2D eigenvalue weighted by atomic mass is 9.97. The smallest absolute Gasteiger partial charge is 0.277 e. The Morgan fingerprint density at radius 3 is 2.66 bits per heavy atom. The van der Waals surface area contributed by atoms with E-state index in [1.165, 1.54) is 37.5 Å². The Morgan fingerprint density at radius 2 is 2.00 bits per heavy atom. The van der Waals surface area contributed by atoms with Crippen LogP contribution >= 0.6 is 0 Å². The standard InChI is InChI=1S/C23H31N5O4/c1-5-8-9-10-11-16(6-2)22-24-15(4)20-23(29)25-21(26-27(20)22)18-14-17(28(30)31)12-13-19(18)32-7-3/h12-14,16H,5-11H2,1-4H3,(H,25,26,29). The third kappa shape index (κ3) is 4.81. The van der Waals surface area contributed by atoms with Crippen LogP contribution < -0.4 is 10.3 Å². The number of nitro groups is 1. The molecule has 0 spiro atoms. The Kier molecular flexibility index (Phi) is 7.61. The van der Waals surface area contributed by atoms with Gasteiger partial charge in [-0.05, 0) is 32.8 Å². The number of aromatic amines is 1. The van der Waals surface area contributed by atoms with Crippen LogP contribution in [-0.4, -0.2) is 31.1 Å². The highest BCUT2D eigenvalue weighted by Gasteiger charge is 2.22. The van der Waals surface area contributed by atoms with Gasteiger partial charge in [0.2, 0.25) is 0 Å². The summed E-state index contributed by atoms with van der Waals surface area (Å²) in [5.74, 6) is 1.57. The molecule has 9 heteroatoms. The summed E-state index contributed by atoms with van der Waals surface area (Å²) in [6, 6.07) is 4.28. The second kappa shape index (κ2) is 10.4. The Balaban J connectivity index is 2.13. The number of nitrogens with zero attached hydrogens (tertiary/aromatic N) is 4. The van der Waals surface area contributed by atoms with Gasteiger partial charge in [-0.25, -0.2) is 9.50 Å². The normalized spacial score (nSPS) is 12.2. The Morgan fingerprint density at radius 1 is 1.22 bits per heavy atom. The SMILES string of the molecule is CCCCCCC(CC)c1nc(C)c2c(=O)[nH]c(-c3cc([N+](=O)[O-])ccc3OCC)nn12. The summed E-state index contributed by atoms with van der Waals surface area (Å²) < 4.78 is 7.27. The van der Waals surface area contributed by atoms with Crippen LogP contribution in [0, 0.1) is 17.0 Å². The number of fused-ring (bicyclic) bond motifs is 1. The van der Waals surface area contributed by atoms with Crippen molar-refractivity contribution in [3.63, 3.8) is 0 Å². The van der Waals surface area contributed by atoms with Crippen molar-refractivity contribution in [3.8, 4) is 17.1 Å². The highest BCUT2D eigenvalue weighted by molar-refractivity contribution is 5.68. The first-order chi connectivity index (χ1) is 15.4. The van der Waals surface area contributed by atoms with E-state index in [2.05, 4.69) is 23.9 Å². The van der Waals surface area contributed by atoms with E-state index in [0.29, 0.717) is 29.1 Å². The van der Waals surface area contributed by atoms with Crippen LogP contribution in [0.1, 0.15) is 76.7 Å². The molecule has 0 fully saturated rings. The molecule has 3 rings (SSSR count). The molecule has 0 saturated carbocycles. The van der Waals surface area contributed by atoms with E-state index in [9.17, 15) is 14.9 Å². The summed E-state index contributed by atoms with van der Waals surface area (Å²) in [5.41, 5.74) is 0.959. The average molecular weight is 442 g/mol. The topological polar surface area (TPSA) is 115 Å². The fourth-order valence-electron chi connectivity index (χ4n) is 4.01. The maximum Gasteiger partial charge on any atom is 0.277 e. The van der Waals surface area contributed by atoms with Gasteiger partial charge in [0, 0.05) is 18.1 Å². The van der Waals surface area contributed by atoms with Crippen molar-refractivity contribution < 1.29 is 9.66 Å². The molecule has 2 aromatic heterocycles. The van der Waals surface area contributed by atoms with Crippen LogP contribution in [0.5, 0.6) is 5.75 Å². The van der Waals surface area contributed by atoms with Crippen LogP contribution in [0.3, 0.4) is 0 Å². The van der Waals surface area contributed by atoms with Crippen LogP contribution in [0.4, 0.5) is 5.69 Å². The van der Waals surface area contributed by atoms with Crippen molar-refractivity contribution in [2.45, 2.75) is 72.1 Å². The number of imidazole rings is 1. The highest BCUT2D eigenvalue weighted by Crippen LogP contribution is 2.32. The number of nitrogens with one attached hydrogen (secondary N) is 1. The Bertz CT molecular complexity index is 1150. The van der Waals surface area contributed by atoms with Crippen LogP contribution in [0.15, 0.2) is 23.0 Å². The number of hydrogen-bond acceptors (Lipinski definition) is 6. The van der Waals surface area contributed by atoms with Crippen molar-refractivity contribution in [2.75, 3.05) is 6.61 Å². The lowest BCUT2D eigenvalue weighted by molar-refractivity contribution is -0.384. The molecule has 3 aromatic rings. The molecule has 9 nitrogen and oxygen atoms in total. The predicted molar refractivity (Wildman–Crippen MR) is 123 cm³/mol. The summed E-state index contributed by atoms with van der Waals surface area (Å²) in [6.45, 7) is 8.31. The van der Waals surface area contributed by atoms with Gasteiger partial charge in [0.25, 0.3) is 11.2 Å². The first-order valence-electron chi connectivity index (χ1n) is 11.3. The first-order valence-corrected chi connectivity index (χ1v) is 11.3. The molecular weight excluding hydrogens is 410 g/mol. The number of aromatic nitrogens is 4. The third-order valence-electron chi connectivity index (χ3n) is 5.69. The molecule has 0 aliphatic heterocycles. The number of unbranched alkanes of at least 4 members (excludes halogenated alkanes) is 3. The summed E-state index contributed by atoms with van der Waals surface area (Å²) in [4.78, 5) is 31.3. The van der Waals surface area contributed by atoms with E-state index < -0.39 is 4.92 Å². The number of hydrogen-bond donors (Lipinski definition) is 1. The van der Waals surface area contributed by atoms with Crippen LogP contribution in [0.25, 0.3) is 16.9 Å². The molecule has 1 aromatic carbocycles. The number of nitro benzene ring substituents is 1. The molecule has 1 atom stereocenters. The molecule has 32 heavy (non-hydrogen) atoms. The number of ether oxygens (including phenoxy) is 1. The summed E-state index contributed by atoms with van der Waals surface area (Å²) in [5, 5.41) is 16.0. The zero-order chi connectivity index (χ0) is 23.3. The molecule has 2 heterocycles. The molecule has 0 aliphatic carbocycles. The third-order valence-corrected chi connectivity index (χ3v) is 5.69. The molecular formula is C23H31N5O4. The Hall–Kier alpha value is -3.23. The summed E-state index contributed by atoms with van der Waals surface area (Å²) in [7, 11) is 0. The minimum atomic E-state index is -0.480. The van der Waals surface area contributed by atoms with Crippen LogP contribution in [-0.2, 0) is 0 Å². The second-order valence-corrected chi connectivity index (χ2v) is 7.94. The molecule has 1 N–H and O–H groups in total. The zero-order valence-corrected chi connectivity index (χ0v) is 19.2. The van der Waals surface area contributed by atoms with Crippen molar-refractivity contribution in [2.24, 2.45) is 0 Å². The summed E-state index contributed by atoms with van der Waals surface area (Å²) in [6.07, 6.45) is 6.49. The van der Waals surface area contributed by atoms with Gasteiger partial charge < -0.3 is 9.72 Å². The number of benzene rings is 1. The average Bonchev–Trinajstić information content (AvgIpc) is 3.10. The molecule has 0 radical (unpaired) electrons. The van der Waals surface area contributed by atoms with Crippen molar-refractivity contribution in [1.82, 2.24) is 19.6 Å². The number of H-pyrrole nitrogens is 1.